The smallest absolute Gasteiger partial charge is 0.244 e. The molecule has 0 aromatic heterocycles. The van der Waals surface area contributed by atoms with E-state index in [1.807, 2.05) is 30.3 Å². The standard InChI is InChI=1S/C11H16N2O2/c1-15-13-11(14)7-8-12-9-10-5-3-2-4-6-10/h2-6,12H,7-9H2,1H3,(H,13,14). The van der Waals surface area contributed by atoms with E-state index >= 15 is 0 Å². The Morgan fingerprint density at radius 2 is 2.07 bits per heavy atom. The van der Waals surface area contributed by atoms with Gasteiger partial charge in [-0.1, -0.05) is 30.3 Å². The maximum Gasteiger partial charge on any atom is 0.244 e. The number of rotatable bonds is 6. The van der Waals surface area contributed by atoms with Crippen LogP contribution in [0, 0.1) is 0 Å². The molecule has 0 spiro atoms. The van der Waals surface area contributed by atoms with Crippen LogP contribution in [0.15, 0.2) is 30.3 Å². The third kappa shape index (κ3) is 5.15. The lowest BCUT2D eigenvalue weighted by molar-refractivity contribution is -0.131. The van der Waals surface area contributed by atoms with Gasteiger partial charge in [0.2, 0.25) is 5.91 Å². The van der Waals surface area contributed by atoms with Gasteiger partial charge >= 0.3 is 0 Å². The molecule has 0 bridgehead atoms. The number of hydrogen-bond donors (Lipinski definition) is 2. The Kier molecular flexibility index (Phi) is 5.43. The monoisotopic (exact) mass is 208 g/mol. The number of amides is 1. The lowest BCUT2D eigenvalue weighted by atomic mass is 10.2. The number of carbonyl (C=O) groups excluding carboxylic acids is 1. The average molecular weight is 208 g/mol. The van der Waals surface area contributed by atoms with E-state index in [1.165, 1.54) is 12.7 Å². The number of nitrogens with one attached hydrogen (secondary N) is 2. The molecule has 0 saturated heterocycles. The van der Waals surface area contributed by atoms with Gasteiger partial charge in [-0.2, -0.15) is 0 Å². The van der Waals surface area contributed by atoms with Crippen molar-refractivity contribution in [1.82, 2.24) is 10.8 Å². The molecule has 0 aliphatic rings. The van der Waals surface area contributed by atoms with E-state index in [9.17, 15) is 4.79 Å². The first-order chi connectivity index (χ1) is 7.33. The van der Waals surface area contributed by atoms with Gasteiger partial charge in [0.05, 0.1) is 7.11 Å². The number of benzene rings is 1. The second-order valence-electron chi connectivity index (χ2n) is 3.14. The molecule has 4 heteroatoms. The Bertz CT molecular complexity index is 288. The van der Waals surface area contributed by atoms with Crippen LogP contribution < -0.4 is 10.8 Å². The Morgan fingerprint density at radius 3 is 2.73 bits per heavy atom. The Morgan fingerprint density at radius 1 is 1.33 bits per heavy atom. The SMILES string of the molecule is CONC(=O)CCNCc1ccccc1. The first-order valence-electron chi connectivity index (χ1n) is 4.89. The van der Waals surface area contributed by atoms with E-state index in [1.54, 1.807) is 0 Å². The summed E-state index contributed by atoms with van der Waals surface area (Å²) in [7, 11) is 1.43. The predicted octanol–water partition coefficient (Wildman–Crippen LogP) is 0.844. The van der Waals surface area contributed by atoms with Crippen LogP contribution in [0.25, 0.3) is 0 Å². The lowest BCUT2D eigenvalue weighted by Gasteiger charge is -2.04. The maximum atomic E-state index is 11.0. The molecule has 0 fully saturated rings. The molecule has 0 heterocycles. The summed E-state index contributed by atoms with van der Waals surface area (Å²) in [5, 5.41) is 3.17. The van der Waals surface area contributed by atoms with Crippen molar-refractivity contribution in [2.24, 2.45) is 0 Å². The highest BCUT2D eigenvalue weighted by Crippen LogP contribution is 1.96. The number of carbonyl (C=O) groups is 1. The summed E-state index contributed by atoms with van der Waals surface area (Å²) in [6.07, 6.45) is 0.417. The number of hydrogen-bond acceptors (Lipinski definition) is 3. The fraction of sp³-hybridized carbons (Fsp3) is 0.364. The van der Waals surface area contributed by atoms with Crippen molar-refractivity contribution in [2.75, 3.05) is 13.7 Å². The van der Waals surface area contributed by atoms with Crippen molar-refractivity contribution in [1.29, 1.82) is 0 Å². The van der Waals surface area contributed by atoms with E-state index in [2.05, 4.69) is 15.6 Å². The van der Waals surface area contributed by atoms with Crippen LogP contribution in [-0.2, 0) is 16.2 Å². The van der Waals surface area contributed by atoms with Crippen molar-refractivity contribution in [3.63, 3.8) is 0 Å². The maximum absolute atomic E-state index is 11.0. The topological polar surface area (TPSA) is 50.4 Å². The lowest BCUT2D eigenvalue weighted by Crippen LogP contribution is -2.26. The molecule has 0 saturated carbocycles. The van der Waals surface area contributed by atoms with E-state index in [-0.39, 0.29) is 5.91 Å². The molecule has 2 N–H and O–H groups in total. The minimum atomic E-state index is -0.113. The average Bonchev–Trinajstić information content (AvgIpc) is 2.26. The number of hydroxylamine groups is 1. The molecule has 0 aliphatic carbocycles. The largest absolute Gasteiger partial charge is 0.312 e. The third-order valence-electron chi connectivity index (χ3n) is 1.92. The van der Waals surface area contributed by atoms with Gasteiger partial charge in [-0.3, -0.25) is 9.63 Å². The highest BCUT2D eigenvalue weighted by molar-refractivity contribution is 5.74. The molecular weight excluding hydrogens is 192 g/mol. The van der Waals surface area contributed by atoms with Crippen LogP contribution in [0.1, 0.15) is 12.0 Å². The summed E-state index contributed by atoms with van der Waals surface area (Å²) in [5.41, 5.74) is 3.48. The molecule has 82 valence electrons. The summed E-state index contributed by atoms with van der Waals surface area (Å²) >= 11 is 0. The molecular formula is C11H16N2O2. The van der Waals surface area contributed by atoms with Gasteiger partial charge in [0, 0.05) is 19.5 Å². The minimum absolute atomic E-state index is 0.113. The van der Waals surface area contributed by atoms with Crippen molar-refractivity contribution in [3.05, 3.63) is 35.9 Å². The van der Waals surface area contributed by atoms with Crippen LogP contribution in [0.3, 0.4) is 0 Å². The molecule has 4 nitrogen and oxygen atoms in total. The Hall–Kier alpha value is -1.39. The molecule has 0 unspecified atom stereocenters. The van der Waals surface area contributed by atoms with Gasteiger partial charge in [0.1, 0.15) is 0 Å². The second-order valence-corrected chi connectivity index (χ2v) is 3.14. The van der Waals surface area contributed by atoms with Gasteiger partial charge < -0.3 is 5.32 Å². The first kappa shape index (κ1) is 11.7. The van der Waals surface area contributed by atoms with Gasteiger partial charge in [0.15, 0.2) is 0 Å². The first-order valence-corrected chi connectivity index (χ1v) is 4.89. The minimum Gasteiger partial charge on any atom is -0.312 e. The molecule has 1 amide bonds. The highest BCUT2D eigenvalue weighted by atomic mass is 16.6. The fourth-order valence-corrected chi connectivity index (χ4v) is 1.20. The van der Waals surface area contributed by atoms with E-state index in [0.717, 1.165) is 6.54 Å². The van der Waals surface area contributed by atoms with Crippen LogP contribution >= 0.6 is 0 Å². The zero-order valence-electron chi connectivity index (χ0n) is 8.82. The van der Waals surface area contributed by atoms with Crippen LogP contribution in [0.5, 0.6) is 0 Å². The second kappa shape index (κ2) is 6.98. The summed E-state index contributed by atoms with van der Waals surface area (Å²) in [6, 6.07) is 10.1. The normalized spacial score (nSPS) is 9.93. The van der Waals surface area contributed by atoms with Gasteiger partial charge in [-0.25, -0.2) is 5.48 Å². The fourth-order valence-electron chi connectivity index (χ4n) is 1.20. The van der Waals surface area contributed by atoms with Crippen molar-refractivity contribution in [2.45, 2.75) is 13.0 Å². The molecule has 1 aromatic carbocycles. The van der Waals surface area contributed by atoms with E-state index in [4.69, 9.17) is 0 Å². The Balaban J connectivity index is 2.10. The van der Waals surface area contributed by atoms with E-state index in [0.29, 0.717) is 13.0 Å². The summed E-state index contributed by atoms with van der Waals surface area (Å²) < 4.78 is 0. The predicted molar refractivity (Wildman–Crippen MR) is 57.9 cm³/mol. The quantitative estimate of drug-likeness (QED) is 0.538. The van der Waals surface area contributed by atoms with Gasteiger partial charge in [-0.05, 0) is 5.56 Å². The van der Waals surface area contributed by atoms with E-state index < -0.39 is 0 Å². The molecule has 15 heavy (non-hydrogen) atoms. The molecule has 0 aliphatic heterocycles. The summed E-state index contributed by atoms with van der Waals surface area (Å²) in [5.74, 6) is -0.113. The Labute approximate surface area is 89.6 Å². The summed E-state index contributed by atoms with van der Waals surface area (Å²) in [6.45, 7) is 1.42. The van der Waals surface area contributed by atoms with Crippen LogP contribution in [-0.4, -0.2) is 19.6 Å². The highest BCUT2D eigenvalue weighted by Gasteiger charge is 1.98. The van der Waals surface area contributed by atoms with Crippen LogP contribution in [0.2, 0.25) is 0 Å². The van der Waals surface area contributed by atoms with Gasteiger partial charge in [-0.15, -0.1) is 0 Å². The van der Waals surface area contributed by atoms with Crippen molar-refractivity contribution < 1.29 is 9.63 Å². The molecule has 1 rings (SSSR count). The molecule has 0 atom stereocenters. The van der Waals surface area contributed by atoms with Crippen LogP contribution in [0.4, 0.5) is 0 Å². The molecule has 1 aromatic rings. The van der Waals surface area contributed by atoms with Crippen molar-refractivity contribution in [3.8, 4) is 0 Å². The van der Waals surface area contributed by atoms with Crippen molar-refractivity contribution >= 4 is 5.91 Å². The van der Waals surface area contributed by atoms with Gasteiger partial charge in [0.25, 0.3) is 0 Å². The third-order valence-corrected chi connectivity index (χ3v) is 1.92. The zero-order chi connectivity index (χ0) is 10.9. The summed E-state index contributed by atoms with van der Waals surface area (Å²) in [4.78, 5) is 15.5. The zero-order valence-corrected chi connectivity index (χ0v) is 8.82. The molecule has 0 radical (unpaired) electrons.